The van der Waals surface area contributed by atoms with Gasteiger partial charge in [0.25, 0.3) is 0 Å². The molecule has 1 nitrogen and oxygen atoms in total. The molecule has 1 N–H and O–H groups in total. The van der Waals surface area contributed by atoms with Crippen LogP contribution in [0.15, 0.2) is 42.5 Å². The van der Waals surface area contributed by atoms with Gasteiger partial charge in [-0.25, -0.2) is 0 Å². The minimum atomic E-state index is 0.145. The monoisotopic (exact) mass is 281 g/mol. The van der Waals surface area contributed by atoms with Crippen LogP contribution in [-0.4, -0.2) is 0 Å². The highest BCUT2D eigenvalue weighted by molar-refractivity contribution is 5.55. The summed E-state index contributed by atoms with van der Waals surface area (Å²) < 4.78 is 0. The van der Waals surface area contributed by atoms with E-state index in [-0.39, 0.29) is 5.41 Å². The molecular weight excluding hydrogens is 254 g/mol. The number of aryl methyl sites for hydroxylation is 2. The smallest absolute Gasteiger partial charge is 0.0485 e. The summed E-state index contributed by atoms with van der Waals surface area (Å²) in [4.78, 5) is 0. The Kier molecular flexibility index (Phi) is 4.41. The molecule has 1 unspecified atom stereocenters. The highest BCUT2D eigenvalue weighted by atomic mass is 14.9. The Hall–Kier alpha value is -1.76. The van der Waals surface area contributed by atoms with Gasteiger partial charge < -0.3 is 5.32 Å². The summed E-state index contributed by atoms with van der Waals surface area (Å²) in [5, 5.41) is 3.69. The van der Waals surface area contributed by atoms with Crippen molar-refractivity contribution in [3.05, 3.63) is 64.7 Å². The summed E-state index contributed by atoms with van der Waals surface area (Å²) in [5.74, 6) is 0. The molecule has 0 aliphatic rings. The maximum atomic E-state index is 3.69. The van der Waals surface area contributed by atoms with Crippen LogP contribution in [0.2, 0.25) is 0 Å². The third-order valence-corrected chi connectivity index (χ3v) is 3.85. The Labute approximate surface area is 129 Å². The van der Waals surface area contributed by atoms with Crippen molar-refractivity contribution in [3.8, 4) is 0 Å². The molecule has 0 bridgehead atoms. The average Bonchev–Trinajstić information content (AvgIpc) is 2.37. The fraction of sp³-hybridized carbons (Fsp3) is 0.400. The van der Waals surface area contributed by atoms with Gasteiger partial charge in [-0.2, -0.15) is 0 Å². The van der Waals surface area contributed by atoms with Crippen molar-refractivity contribution in [2.45, 2.75) is 53.0 Å². The largest absolute Gasteiger partial charge is 0.378 e. The molecule has 21 heavy (non-hydrogen) atoms. The van der Waals surface area contributed by atoms with Gasteiger partial charge in [0.05, 0.1) is 0 Å². The zero-order chi connectivity index (χ0) is 15.6. The van der Waals surface area contributed by atoms with Gasteiger partial charge >= 0.3 is 0 Å². The van der Waals surface area contributed by atoms with Crippen molar-refractivity contribution < 1.29 is 0 Å². The first kappa shape index (κ1) is 15.6. The standard InChI is InChI=1S/C20H27N/c1-14-11-15(2)13-17(12-14)16(3)21-19-10-8-7-9-18(19)20(4,5)6/h7-13,16,21H,1-6H3. The molecule has 0 aromatic heterocycles. The Morgan fingerprint density at radius 3 is 2.05 bits per heavy atom. The van der Waals surface area contributed by atoms with Crippen LogP contribution in [-0.2, 0) is 5.41 Å². The molecule has 0 amide bonds. The summed E-state index contributed by atoms with van der Waals surface area (Å²) in [5.41, 5.74) is 6.73. The second kappa shape index (κ2) is 5.93. The van der Waals surface area contributed by atoms with E-state index in [0.717, 1.165) is 0 Å². The van der Waals surface area contributed by atoms with Crippen molar-refractivity contribution in [3.63, 3.8) is 0 Å². The Bertz CT molecular complexity index is 600. The fourth-order valence-electron chi connectivity index (χ4n) is 2.84. The predicted octanol–water partition coefficient (Wildman–Crippen LogP) is 5.77. The lowest BCUT2D eigenvalue weighted by atomic mass is 9.85. The molecule has 0 spiro atoms. The Balaban J connectivity index is 2.30. The summed E-state index contributed by atoms with van der Waals surface area (Å²) >= 11 is 0. The minimum absolute atomic E-state index is 0.145. The van der Waals surface area contributed by atoms with Crippen LogP contribution < -0.4 is 5.32 Å². The van der Waals surface area contributed by atoms with E-state index in [2.05, 4.69) is 89.3 Å². The molecule has 1 heteroatoms. The first-order valence-corrected chi connectivity index (χ1v) is 7.71. The Morgan fingerprint density at radius 2 is 1.48 bits per heavy atom. The molecule has 0 aliphatic heterocycles. The molecule has 1 atom stereocenters. The highest BCUT2D eigenvalue weighted by Gasteiger charge is 2.18. The zero-order valence-corrected chi connectivity index (χ0v) is 14.1. The molecule has 112 valence electrons. The Morgan fingerprint density at radius 1 is 0.905 bits per heavy atom. The molecule has 2 aromatic carbocycles. The van der Waals surface area contributed by atoms with Crippen molar-refractivity contribution in [1.29, 1.82) is 0 Å². The summed E-state index contributed by atoms with van der Waals surface area (Å²) in [6, 6.07) is 15.7. The average molecular weight is 281 g/mol. The van der Waals surface area contributed by atoms with Crippen LogP contribution in [0.4, 0.5) is 5.69 Å². The van der Waals surface area contributed by atoms with Gasteiger partial charge in [0.15, 0.2) is 0 Å². The number of nitrogens with one attached hydrogen (secondary N) is 1. The van der Waals surface area contributed by atoms with E-state index in [1.165, 1.54) is 27.9 Å². The molecular formula is C20H27N. The fourth-order valence-corrected chi connectivity index (χ4v) is 2.84. The molecule has 0 saturated heterocycles. The maximum absolute atomic E-state index is 3.69. The molecule has 2 rings (SSSR count). The van der Waals surface area contributed by atoms with Crippen LogP contribution in [0.3, 0.4) is 0 Å². The highest BCUT2D eigenvalue weighted by Crippen LogP contribution is 2.31. The summed E-state index contributed by atoms with van der Waals surface area (Å²) in [6.07, 6.45) is 0. The van der Waals surface area contributed by atoms with E-state index in [9.17, 15) is 0 Å². The van der Waals surface area contributed by atoms with Gasteiger partial charge in [0.1, 0.15) is 0 Å². The van der Waals surface area contributed by atoms with Gasteiger partial charge in [-0.15, -0.1) is 0 Å². The number of hydrogen-bond donors (Lipinski definition) is 1. The lowest BCUT2D eigenvalue weighted by molar-refractivity contribution is 0.590. The first-order valence-electron chi connectivity index (χ1n) is 7.71. The lowest BCUT2D eigenvalue weighted by Gasteiger charge is -2.26. The van der Waals surface area contributed by atoms with Gasteiger partial charge in [-0.05, 0) is 43.4 Å². The van der Waals surface area contributed by atoms with Gasteiger partial charge in [0.2, 0.25) is 0 Å². The van der Waals surface area contributed by atoms with Crippen LogP contribution in [0.5, 0.6) is 0 Å². The molecule has 0 fully saturated rings. The van der Waals surface area contributed by atoms with Crippen LogP contribution in [0.25, 0.3) is 0 Å². The third-order valence-electron chi connectivity index (χ3n) is 3.85. The summed E-state index contributed by atoms with van der Waals surface area (Å²) in [7, 11) is 0. The SMILES string of the molecule is Cc1cc(C)cc(C(C)Nc2ccccc2C(C)(C)C)c1. The molecule has 0 heterocycles. The second-order valence-corrected chi connectivity index (χ2v) is 7.08. The van der Waals surface area contributed by atoms with E-state index < -0.39 is 0 Å². The van der Waals surface area contributed by atoms with Gasteiger partial charge in [-0.1, -0.05) is 68.3 Å². The quantitative estimate of drug-likeness (QED) is 0.752. The van der Waals surface area contributed by atoms with E-state index in [4.69, 9.17) is 0 Å². The second-order valence-electron chi connectivity index (χ2n) is 7.08. The first-order chi connectivity index (χ1) is 9.77. The lowest BCUT2D eigenvalue weighted by Crippen LogP contribution is -2.16. The van der Waals surface area contributed by atoms with E-state index in [1.54, 1.807) is 0 Å². The molecule has 2 aromatic rings. The molecule has 0 saturated carbocycles. The van der Waals surface area contributed by atoms with Crippen molar-refractivity contribution in [1.82, 2.24) is 0 Å². The van der Waals surface area contributed by atoms with E-state index >= 15 is 0 Å². The molecule has 0 radical (unpaired) electrons. The van der Waals surface area contributed by atoms with E-state index in [0.29, 0.717) is 6.04 Å². The van der Waals surface area contributed by atoms with Gasteiger partial charge in [-0.3, -0.25) is 0 Å². The number of anilines is 1. The summed E-state index contributed by atoms with van der Waals surface area (Å²) in [6.45, 7) is 13.3. The van der Waals surface area contributed by atoms with Crippen molar-refractivity contribution >= 4 is 5.69 Å². The van der Waals surface area contributed by atoms with Crippen molar-refractivity contribution in [2.24, 2.45) is 0 Å². The van der Waals surface area contributed by atoms with Crippen molar-refractivity contribution in [2.75, 3.05) is 5.32 Å². The number of benzene rings is 2. The zero-order valence-electron chi connectivity index (χ0n) is 14.1. The molecule has 0 aliphatic carbocycles. The number of para-hydroxylation sites is 1. The van der Waals surface area contributed by atoms with Crippen LogP contribution in [0, 0.1) is 13.8 Å². The van der Waals surface area contributed by atoms with Crippen LogP contribution >= 0.6 is 0 Å². The number of hydrogen-bond acceptors (Lipinski definition) is 1. The third kappa shape index (κ3) is 3.87. The van der Waals surface area contributed by atoms with Crippen LogP contribution in [0.1, 0.15) is 56.0 Å². The van der Waals surface area contributed by atoms with E-state index in [1.807, 2.05) is 0 Å². The number of rotatable bonds is 3. The normalized spacial score (nSPS) is 13.0. The van der Waals surface area contributed by atoms with Gasteiger partial charge in [0, 0.05) is 11.7 Å². The topological polar surface area (TPSA) is 12.0 Å². The minimum Gasteiger partial charge on any atom is -0.378 e. The predicted molar refractivity (Wildman–Crippen MR) is 93.1 cm³/mol. The maximum Gasteiger partial charge on any atom is 0.0485 e.